The lowest BCUT2D eigenvalue weighted by Crippen LogP contribution is -2.37. The maximum absolute atomic E-state index is 11.6. The Hall–Kier alpha value is -0.240. The van der Waals surface area contributed by atoms with Gasteiger partial charge < -0.3 is 5.32 Å². The molecule has 0 saturated carbocycles. The molecule has 0 aromatic carbocycles. The predicted octanol–water partition coefficient (Wildman–Crippen LogP) is 2.94. The second kappa shape index (κ2) is 7.10. The standard InChI is InChI=1S/C11H22ClNO/c1-5-10(6-2)11(14)13-9(4)7-8(3)12/h8-10H,5-7H2,1-4H3,(H,13,14). The molecular formula is C11H22ClNO. The van der Waals surface area contributed by atoms with Gasteiger partial charge in [0.25, 0.3) is 0 Å². The molecule has 0 aliphatic carbocycles. The van der Waals surface area contributed by atoms with Gasteiger partial charge in [-0.05, 0) is 33.1 Å². The van der Waals surface area contributed by atoms with Crippen molar-refractivity contribution in [3.63, 3.8) is 0 Å². The molecule has 0 aliphatic rings. The number of carbonyl (C=O) groups excluding carboxylic acids is 1. The molecular weight excluding hydrogens is 198 g/mol. The summed E-state index contributed by atoms with van der Waals surface area (Å²) in [6, 6.07) is 0.176. The van der Waals surface area contributed by atoms with Gasteiger partial charge in [-0.3, -0.25) is 4.79 Å². The van der Waals surface area contributed by atoms with Crippen molar-refractivity contribution in [2.45, 2.75) is 58.4 Å². The minimum absolute atomic E-state index is 0.118. The maximum atomic E-state index is 11.6. The molecule has 0 bridgehead atoms. The van der Waals surface area contributed by atoms with Crippen molar-refractivity contribution in [3.05, 3.63) is 0 Å². The van der Waals surface area contributed by atoms with E-state index in [1.165, 1.54) is 0 Å². The third-order valence-electron chi connectivity index (χ3n) is 2.42. The van der Waals surface area contributed by atoms with Gasteiger partial charge in [-0.15, -0.1) is 11.6 Å². The van der Waals surface area contributed by atoms with Gasteiger partial charge in [-0.2, -0.15) is 0 Å². The SMILES string of the molecule is CCC(CC)C(=O)NC(C)CC(C)Cl. The first-order valence-electron chi connectivity index (χ1n) is 5.45. The summed E-state index contributed by atoms with van der Waals surface area (Å²) in [6.07, 6.45) is 2.64. The van der Waals surface area contributed by atoms with E-state index in [-0.39, 0.29) is 23.2 Å². The summed E-state index contributed by atoms with van der Waals surface area (Å²) in [5, 5.41) is 3.11. The van der Waals surface area contributed by atoms with Crippen molar-refractivity contribution < 1.29 is 4.79 Å². The lowest BCUT2D eigenvalue weighted by Gasteiger charge is -2.18. The number of amides is 1. The second-order valence-electron chi connectivity index (χ2n) is 3.94. The normalized spacial score (nSPS) is 15.3. The third kappa shape index (κ3) is 5.48. The summed E-state index contributed by atoms with van der Waals surface area (Å²) < 4.78 is 0. The average molecular weight is 220 g/mol. The average Bonchev–Trinajstić information content (AvgIpc) is 2.04. The molecule has 2 atom stereocenters. The van der Waals surface area contributed by atoms with Crippen molar-refractivity contribution in [3.8, 4) is 0 Å². The van der Waals surface area contributed by atoms with Gasteiger partial charge >= 0.3 is 0 Å². The number of carbonyl (C=O) groups is 1. The number of rotatable bonds is 6. The van der Waals surface area contributed by atoms with Crippen LogP contribution in [0.15, 0.2) is 0 Å². The minimum Gasteiger partial charge on any atom is -0.353 e. The van der Waals surface area contributed by atoms with Gasteiger partial charge in [0.15, 0.2) is 0 Å². The number of hydrogen-bond donors (Lipinski definition) is 1. The van der Waals surface area contributed by atoms with E-state index in [1.54, 1.807) is 0 Å². The predicted molar refractivity (Wildman–Crippen MR) is 61.6 cm³/mol. The topological polar surface area (TPSA) is 29.1 Å². The molecule has 14 heavy (non-hydrogen) atoms. The van der Waals surface area contributed by atoms with Crippen LogP contribution in [-0.2, 0) is 4.79 Å². The second-order valence-corrected chi connectivity index (χ2v) is 4.68. The Balaban J connectivity index is 3.91. The lowest BCUT2D eigenvalue weighted by molar-refractivity contribution is -0.125. The third-order valence-corrected chi connectivity index (χ3v) is 2.60. The summed E-state index contributed by atoms with van der Waals surface area (Å²) in [6.45, 7) is 8.03. The highest BCUT2D eigenvalue weighted by Gasteiger charge is 2.16. The zero-order chi connectivity index (χ0) is 11.1. The molecule has 2 nitrogen and oxygen atoms in total. The largest absolute Gasteiger partial charge is 0.353 e. The van der Waals surface area contributed by atoms with Gasteiger partial charge in [0, 0.05) is 17.3 Å². The highest BCUT2D eigenvalue weighted by Crippen LogP contribution is 2.09. The van der Waals surface area contributed by atoms with Crippen LogP contribution in [0.4, 0.5) is 0 Å². The summed E-state index contributed by atoms with van der Waals surface area (Å²) in [7, 11) is 0. The molecule has 84 valence electrons. The van der Waals surface area contributed by atoms with Crippen LogP contribution in [0.5, 0.6) is 0 Å². The highest BCUT2D eigenvalue weighted by molar-refractivity contribution is 6.20. The number of hydrogen-bond acceptors (Lipinski definition) is 1. The Morgan fingerprint density at radius 3 is 2.14 bits per heavy atom. The van der Waals surface area contributed by atoms with Crippen LogP contribution in [-0.4, -0.2) is 17.3 Å². The lowest BCUT2D eigenvalue weighted by atomic mass is 10.0. The molecule has 0 fully saturated rings. The van der Waals surface area contributed by atoms with E-state index in [1.807, 2.05) is 27.7 Å². The number of nitrogens with one attached hydrogen (secondary N) is 1. The summed E-state index contributed by atoms with van der Waals surface area (Å²) in [5.41, 5.74) is 0. The molecule has 0 aliphatic heterocycles. The van der Waals surface area contributed by atoms with E-state index in [9.17, 15) is 4.79 Å². The van der Waals surface area contributed by atoms with Crippen molar-refractivity contribution >= 4 is 17.5 Å². The summed E-state index contributed by atoms with van der Waals surface area (Å²) >= 11 is 5.85. The number of halogens is 1. The van der Waals surface area contributed by atoms with Crippen LogP contribution in [0, 0.1) is 5.92 Å². The van der Waals surface area contributed by atoms with Gasteiger partial charge in [0.1, 0.15) is 0 Å². The van der Waals surface area contributed by atoms with E-state index in [4.69, 9.17) is 11.6 Å². The van der Waals surface area contributed by atoms with Crippen LogP contribution < -0.4 is 5.32 Å². The van der Waals surface area contributed by atoms with E-state index in [2.05, 4.69) is 5.32 Å². The Labute approximate surface area is 92.4 Å². The van der Waals surface area contributed by atoms with Gasteiger partial charge in [0.2, 0.25) is 5.91 Å². The van der Waals surface area contributed by atoms with Gasteiger partial charge in [-0.25, -0.2) is 0 Å². The quantitative estimate of drug-likeness (QED) is 0.684. The van der Waals surface area contributed by atoms with Gasteiger partial charge in [-0.1, -0.05) is 13.8 Å². The summed E-state index contributed by atoms with van der Waals surface area (Å²) in [4.78, 5) is 11.6. The molecule has 0 saturated heterocycles. The van der Waals surface area contributed by atoms with Crippen LogP contribution in [0.25, 0.3) is 0 Å². The molecule has 0 heterocycles. The van der Waals surface area contributed by atoms with Crippen LogP contribution in [0.3, 0.4) is 0 Å². The van der Waals surface area contributed by atoms with E-state index >= 15 is 0 Å². The van der Waals surface area contributed by atoms with E-state index < -0.39 is 0 Å². The molecule has 0 radical (unpaired) electrons. The molecule has 0 spiro atoms. The van der Waals surface area contributed by atoms with Crippen LogP contribution >= 0.6 is 11.6 Å². The summed E-state index contributed by atoms with van der Waals surface area (Å²) in [5.74, 6) is 0.322. The molecule has 0 aromatic rings. The zero-order valence-corrected chi connectivity index (χ0v) is 10.4. The fourth-order valence-corrected chi connectivity index (χ4v) is 1.83. The smallest absolute Gasteiger partial charge is 0.223 e. The fraction of sp³-hybridized carbons (Fsp3) is 0.909. The Bertz CT molecular complexity index is 167. The van der Waals surface area contributed by atoms with Gasteiger partial charge in [0.05, 0.1) is 0 Å². The molecule has 1 N–H and O–H groups in total. The molecule has 2 unspecified atom stereocenters. The van der Waals surface area contributed by atoms with Crippen LogP contribution in [0.2, 0.25) is 0 Å². The Morgan fingerprint density at radius 2 is 1.79 bits per heavy atom. The number of alkyl halides is 1. The fourth-order valence-electron chi connectivity index (χ4n) is 1.57. The monoisotopic (exact) mass is 219 g/mol. The van der Waals surface area contributed by atoms with E-state index in [0.717, 1.165) is 19.3 Å². The molecule has 3 heteroatoms. The van der Waals surface area contributed by atoms with Crippen molar-refractivity contribution in [1.29, 1.82) is 0 Å². The molecule has 0 aromatic heterocycles. The first kappa shape index (κ1) is 13.8. The first-order chi connectivity index (χ1) is 6.51. The Kier molecular flexibility index (Phi) is 6.98. The van der Waals surface area contributed by atoms with Crippen molar-refractivity contribution in [2.24, 2.45) is 5.92 Å². The first-order valence-corrected chi connectivity index (χ1v) is 5.89. The molecule has 1 amide bonds. The highest BCUT2D eigenvalue weighted by atomic mass is 35.5. The minimum atomic E-state index is 0.118. The zero-order valence-electron chi connectivity index (χ0n) is 9.64. The molecule has 0 rings (SSSR count). The van der Waals surface area contributed by atoms with E-state index in [0.29, 0.717) is 0 Å². The Morgan fingerprint density at radius 1 is 1.29 bits per heavy atom. The van der Waals surface area contributed by atoms with Crippen LogP contribution in [0.1, 0.15) is 47.0 Å². The maximum Gasteiger partial charge on any atom is 0.223 e. The van der Waals surface area contributed by atoms with Crippen molar-refractivity contribution in [1.82, 2.24) is 5.32 Å². The van der Waals surface area contributed by atoms with Crippen molar-refractivity contribution in [2.75, 3.05) is 0 Å².